The van der Waals surface area contributed by atoms with Crippen LogP contribution in [0.3, 0.4) is 0 Å². The molecule has 9 heteroatoms. The van der Waals surface area contributed by atoms with Crippen molar-refractivity contribution in [2.75, 3.05) is 6.61 Å². The van der Waals surface area contributed by atoms with Crippen molar-refractivity contribution >= 4 is 57.8 Å². The Bertz CT molecular complexity index is 976. The van der Waals surface area contributed by atoms with Crippen LogP contribution in [-0.2, 0) is 4.79 Å². The van der Waals surface area contributed by atoms with E-state index in [1.807, 2.05) is 0 Å². The van der Waals surface area contributed by atoms with Crippen molar-refractivity contribution in [3.05, 3.63) is 63.5 Å². The molecule has 2 N–H and O–H groups in total. The number of phenols is 1. The summed E-state index contributed by atoms with van der Waals surface area (Å²) >= 11 is 12.1. The van der Waals surface area contributed by atoms with E-state index in [0.717, 1.165) is 16.8 Å². The van der Waals surface area contributed by atoms with E-state index in [-0.39, 0.29) is 10.1 Å². The molecule has 1 aliphatic rings. The second-order valence-corrected chi connectivity index (χ2v) is 7.74. The van der Waals surface area contributed by atoms with Crippen molar-refractivity contribution < 1.29 is 19.4 Å². The first kappa shape index (κ1) is 20.2. The summed E-state index contributed by atoms with van der Waals surface area (Å²) in [6, 6.07) is 11.0. The lowest BCUT2D eigenvalue weighted by Gasteiger charge is -2.15. The third kappa shape index (κ3) is 4.46. The maximum absolute atomic E-state index is 12.7. The summed E-state index contributed by atoms with van der Waals surface area (Å²) in [6.45, 7) is 2.20. The molecule has 2 aromatic rings. The number of hydrogen-bond acceptors (Lipinski definition) is 6. The molecule has 1 fully saturated rings. The predicted molar refractivity (Wildman–Crippen MR) is 113 cm³/mol. The Morgan fingerprint density at radius 2 is 2.04 bits per heavy atom. The molecule has 2 amide bonds. The molecule has 0 saturated carbocycles. The van der Waals surface area contributed by atoms with E-state index >= 15 is 0 Å². The highest BCUT2D eigenvalue weighted by Crippen LogP contribution is 2.33. The van der Waals surface area contributed by atoms with Crippen molar-refractivity contribution in [1.82, 2.24) is 10.4 Å². The van der Waals surface area contributed by atoms with Gasteiger partial charge in [-0.3, -0.25) is 15.0 Å². The van der Waals surface area contributed by atoms with Gasteiger partial charge >= 0.3 is 0 Å². The number of thiocarbonyl (C=S) groups is 1. The quantitative estimate of drug-likeness (QED) is 0.547. The molecule has 0 radical (unpaired) electrons. The number of amides is 2. The van der Waals surface area contributed by atoms with Crippen molar-refractivity contribution in [2.24, 2.45) is 0 Å². The number of ether oxygens (including phenoxy) is 1. The summed E-state index contributed by atoms with van der Waals surface area (Å²) in [5, 5.41) is 11.3. The molecule has 0 atom stereocenters. The Morgan fingerprint density at radius 3 is 2.71 bits per heavy atom. The van der Waals surface area contributed by atoms with Gasteiger partial charge in [0, 0.05) is 10.6 Å². The van der Waals surface area contributed by atoms with E-state index in [1.165, 1.54) is 6.07 Å². The number of hydrazine groups is 1. The third-order valence-electron chi connectivity index (χ3n) is 3.69. The number of benzene rings is 2. The van der Waals surface area contributed by atoms with E-state index in [0.29, 0.717) is 33.4 Å². The summed E-state index contributed by atoms with van der Waals surface area (Å²) in [7, 11) is 0. The zero-order valence-electron chi connectivity index (χ0n) is 14.6. The lowest BCUT2D eigenvalue weighted by molar-refractivity contribution is -0.123. The average Bonchev–Trinajstić information content (AvgIpc) is 2.92. The van der Waals surface area contributed by atoms with Crippen LogP contribution in [0.4, 0.5) is 0 Å². The van der Waals surface area contributed by atoms with Gasteiger partial charge in [-0.2, -0.15) is 5.01 Å². The fraction of sp³-hybridized carbons (Fsp3) is 0.105. The summed E-state index contributed by atoms with van der Waals surface area (Å²) in [5.41, 5.74) is 3.51. The van der Waals surface area contributed by atoms with Gasteiger partial charge in [-0.25, -0.2) is 0 Å². The van der Waals surface area contributed by atoms with Crippen molar-refractivity contribution in [1.29, 1.82) is 0 Å². The van der Waals surface area contributed by atoms with Gasteiger partial charge < -0.3 is 9.84 Å². The molecule has 1 heterocycles. The standard InChI is InChI=1S/C19H15ClN2O4S2/c1-2-26-15-9-11(3-8-14(15)23)10-16-18(25)22(19(27)28-16)21-17(24)12-4-6-13(20)7-5-12/h3-10,23H,2H2,1H3,(H,21,24)/b16-10+. The highest BCUT2D eigenvalue weighted by Gasteiger charge is 2.33. The molecule has 0 bridgehead atoms. The topological polar surface area (TPSA) is 78.9 Å². The number of carbonyl (C=O) groups is 2. The summed E-state index contributed by atoms with van der Waals surface area (Å²) in [5.74, 6) is -0.578. The van der Waals surface area contributed by atoms with Crippen LogP contribution in [0, 0.1) is 0 Å². The number of aromatic hydroxyl groups is 1. The van der Waals surface area contributed by atoms with Gasteiger partial charge in [0.15, 0.2) is 15.8 Å². The number of carbonyl (C=O) groups excluding carboxylic acids is 2. The number of rotatable bonds is 5. The highest BCUT2D eigenvalue weighted by atomic mass is 35.5. The van der Waals surface area contributed by atoms with Gasteiger partial charge in [0.2, 0.25) is 0 Å². The van der Waals surface area contributed by atoms with Crippen LogP contribution in [0.25, 0.3) is 6.08 Å². The number of nitrogens with one attached hydrogen (secondary N) is 1. The smallest absolute Gasteiger partial charge is 0.285 e. The van der Waals surface area contributed by atoms with Crippen LogP contribution in [0.2, 0.25) is 5.02 Å². The van der Waals surface area contributed by atoms with Gasteiger partial charge in [-0.1, -0.05) is 29.4 Å². The second kappa shape index (κ2) is 8.64. The van der Waals surface area contributed by atoms with Crippen molar-refractivity contribution in [2.45, 2.75) is 6.92 Å². The largest absolute Gasteiger partial charge is 0.504 e. The number of nitrogens with zero attached hydrogens (tertiary/aromatic N) is 1. The van der Waals surface area contributed by atoms with E-state index in [2.05, 4.69) is 5.43 Å². The van der Waals surface area contributed by atoms with Gasteiger partial charge in [-0.15, -0.1) is 0 Å². The van der Waals surface area contributed by atoms with Gasteiger partial charge in [-0.05, 0) is 67.2 Å². The predicted octanol–water partition coefficient (Wildman–Crippen LogP) is 3.99. The van der Waals surface area contributed by atoms with Gasteiger partial charge in [0.1, 0.15) is 0 Å². The van der Waals surface area contributed by atoms with Gasteiger partial charge in [0.05, 0.1) is 11.5 Å². The number of halogens is 1. The maximum atomic E-state index is 12.7. The van der Waals surface area contributed by atoms with E-state index in [1.54, 1.807) is 49.4 Å². The summed E-state index contributed by atoms with van der Waals surface area (Å²) in [4.78, 5) is 25.3. The van der Waals surface area contributed by atoms with Crippen LogP contribution >= 0.6 is 35.6 Å². The van der Waals surface area contributed by atoms with Crippen LogP contribution in [0.5, 0.6) is 11.5 Å². The van der Waals surface area contributed by atoms with Crippen LogP contribution in [-0.4, -0.2) is 32.9 Å². The molecular formula is C19H15ClN2O4S2. The van der Waals surface area contributed by atoms with E-state index in [9.17, 15) is 14.7 Å². The average molecular weight is 435 g/mol. The zero-order valence-corrected chi connectivity index (χ0v) is 17.0. The molecule has 1 saturated heterocycles. The molecule has 6 nitrogen and oxygen atoms in total. The normalized spacial score (nSPS) is 15.2. The Kier molecular flexibility index (Phi) is 6.23. The zero-order chi connectivity index (χ0) is 20.3. The molecule has 2 aromatic carbocycles. The lowest BCUT2D eigenvalue weighted by Crippen LogP contribution is -2.44. The first-order chi connectivity index (χ1) is 13.4. The number of hydrogen-bond donors (Lipinski definition) is 2. The molecule has 0 aliphatic carbocycles. The minimum atomic E-state index is -0.475. The van der Waals surface area contributed by atoms with Crippen molar-refractivity contribution in [3.63, 3.8) is 0 Å². The molecule has 0 aromatic heterocycles. The fourth-order valence-corrected chi connectivity index (χ4v) is 3.68. The first-order valence-electron chi connectivity index (χ1n) is 8.19. The van der Waals surface area contributed by atoms with Crippen molar-refractivity contribution in [3.8, 4) is 11.5 Å². The molecule has 28 heavy (non-hydrogen) atoms. The SMILES string of the molecule is CCOc1cc(/C=C2/SC(=S)N(NC(=O)c3ccc(Cl)cc3)C2=O)ccc1O. The fourth-order valence-electron chi connectivity index (χ4n) is 2.37. The number of phenolic OH excluding ortho intramolecular Hbond substituents is 1. The van der Waals surface area contributed by atoms with Crippen LogP contribution in [0.15, 0.2) is 47.4 Å². The molecule has 0 spiro atoms. The Labute approximate surface area is 176 Å². The molecule has 144 valence electrons. The lowest BCUT2D eigenvalue weighted by atomic mass is 10.2. The highest BCUT2D eigenvalue weighted by molar-refractivity contribution is 8.26. The van der Waals surface area contributed by atoms with E-state index < -0.39 is 11.8 Å². The van der Waals surface area contributed by atoms with E-state index in [4.69, 9.17) is 28.6 Å². The first-order valence-corrected chi connectivity index (χ1v) is 9.79. The molecule has 0 unspecified atom stereocenters. The molecular weight excluding hydrogens is 420 g/mol. The Balaban J connectivity index is 1.77. The molecule has 1 aliphatic heterocycles. The minimum absolute atomic E-state index is 0.0155. The Morgan fingerprint density at radius 1 is 1.32 bits per heavy atom. The Hall–Kier alpha value is -2.55. The third-order valence-corrected chi connectivity index (χ3v) is 5.25. The van der Waals surface area contributed by atoms with Crippen LogP contribution < -0.4 is 10.2 Å². The second-order valence-electron chi connectivity index (χ2n) is 5.63. The molecule has 3 rings (SSSR count). The summed E-state index contributed by atoms with van der Waals surface area (Å²) in [6.07, 6.45) is 1.62. The van der Waals surface area contributed by atoms with Gasteiger partial charge in [0.25, 0.3) is 11.8 Å². The maximum Gasteiger partial charge on any atom is 0.285 e. The monoisotopic (exact) mass is 434 g/mol. The van der Waals surface area contributed by atoms with Crippen LogP contribution in [0.1, 0.15) is 22.8 Å². The number of thioether (sulfide) groups is 1. The summed E-state index contributed by atoms with van der Waals surface area (Å²) < 4.78 is 5.56. The minimum Gasteiger partial charge on any atom is -0.504 e.